The van der Waals surface area contributed by atoms with E-state index in [-0.39, 0.29) is 5.75 Å². The fraction of sp³-hybridized carbons (Fsp3) is 0.118. The molecule has 0 saturated carbocycles. The fourth-order valence-electron chi connectivity index (χ4n) is 2.36. The zero-order valence-electron chi connectivity index (χ0n) is 11.5. The summed E-state index contributed by atoms with van der Waals surface area (Å²) in [6.45, 7) is 4.08. The second-order valence-corrected chi connectivity index (χ2v) is 5.00. The Morgan fingerprint density at radius 1 is 0.950 bits per heavy atom. The highest BCUT2D eigenvalue weighted by Gasteiger charge is 2.13. The summed E-state index contributed by atoms with van der Waals surface area (Å²) in [6, 6.07) is 16.1. The molecule has 3 nitrogen and oxygen atoms in total. The molecule has 0 spiro atoms. The maximum atomic E-state index is 10.1. The number of hydrogen-bond donors (Lipinski definition) is 1. The van der Waals surface area contributed by atoms with Gasteiger partial charge in [0, 0.05) is 5.56 Å². The van der Waals surface area contributed by atoms with Crippen molar-refractivity contribution in [3.63, 3.8) is 0 Å². The minimum Gasteiger partial charge on any atom is -0.504 e. The lowest BCUT2D eigenvalue weighted by atomic mass is 10.1. The smallest absolute Gasteiger partial charge is 0.162 e. The molecule has 0 aliphatic rings. The molecular weight excluding hydrogens is 248 g/mol. The number of hydrogen-bond acceptors (Lipinski definition) is 2. The molecule has 100 valence electrons. The van der Waals surface area contributed by atoms with Gasteiger partial charge in [0.15, 0.2) is 5.75 Å². The Morgan fingerprint density at radius 2 is 1.65 bits per heavy atom. The van der Waals surface area contributed by atoms with E-state index >= 15 is 0 Å². The zero-order valence-corrected chi connectivity index (χ0v) is 11.5. The van der Waals surface area contributed by atoms with Crippen molar-refractivity contribution in [3.8, 4) is 22.7 Å². The maximum absolute atomic E-state index is 10.1. The molecule has 0 unspecified atom stereocenters. The van der Waals surface area contributed by atoms with Crippen molar-refractivity contribution >= 4 is 0 Å². The summed E-state index contributed by atoms with van der Waals surface area (Å²) in [6.07, 6.45) is 1.49. The van der Waals surface area contributed by atoms with Crippen LogP contribution >= 0.6 is 0 Å². The number of aromatic nitrogens is 2. The molecule has 0 aliphatic carbocycles. The van der Waals surface area contributed by atoms with Gasteiger partial charge in [0.2, 0.25) is 0 Å². The monoisotopic (exact) mass is 264 g/mol. The predicted molar refractivity (Wildman–Crippen MR) is 80.1 cm³/mol. The van der Waals surface area contributed by atoms with Crippen molar-refractivity contribution in [1.82, 2.24) is 9.78 Å². The van der Waals surface area contributed by atoms with Crippen molar-refractivity contribution < 1.29 is 5.11 Å². The van der Waals surface area contributed by atoms with Crippen LogP contribution in [0.25, 0.3) is 16.9 Å². The summed E-state index contributed by atoms with van der Waals surface area (Å²) in [5, 5.41) is 14.4. The molecule has 0 bridgehead atoms. The first-order chi connectivity index (χ1) is 9.65. The fourth-order valence-corrected chi connectivity index (χ4v) is 2.36. The summed E-state index contributed by atoms with van der Waals surface area (Å²) in [4.78, 5) is 0. The van der Waals surface area contributed by atoms with Crippen LogP contribution in [0, 0.1) is 13.8 Å². The molecule has 1 N–H and O–H groups in total. The Hall–Kier alpha value is -2.55. The molecular formula is C17H16N2O. The van der Waals surface area contributed by atoms with Gasteiger partial charge >= 0.3 is 0 Å². The van der Waals surface area contributed by atoms with Crippen LogP contribution < -0.4 is 0 Å². The van der Waals surface area contributed by atoms with Crippen molar-refractivity contribution in [2.75, 3.05) is 0 Å². The van der Waals surface area contributed by atoms with Gasteiger partial charge in [-0.15, -0.1) is 0 Å². The van der Waals surface area contributed by atoms with Crippen LogP contribution in [0.15, 0.2) is 54.7 Å². The van der Waals surface area contributed by atoms with E-state index in [2.05, 4.69) is 5.10 Å². The zero-order chi connectivity index (χ0) is 14.1. The Kier molecular flexibility index (Phi) is 3.03. The maximum Gasteiger partial charge on any atom is 0.162 e. The quantitative estimate of drug-likeness (QED) is 0.763. The van der Waals surface area contributed by atoms with Gasteiger partial charge in [-0.05, 0) is 37.6 Å². The third-order valence-corrected chi connectivity index (χ3v) is 3.29. The molecule has 1 aromatic heterocycles. The van der Waals surface area contributed by atoms with Gasteiger partial charge in [0.25, 0.3) is 0 Å². The lowest BCUT2D eigenvalue weighted by Crippen LogP contribution is -1.99. The van der Waals surface area contributed by atoms with Crippen molar-refractivity contribution in [3.05, 3.63) is 65.9 Å². The largest absolute Gasteiger partial charge is 0.504 e. The van der Waals surface area contributed by atoms with E-state index < -0.39 is 0 Å². The standard InChI is InChI=1S/C17H16N2O/c1-12-5-3-7-14(9-12)17-16(20)11-18-19(17)15-8-4-6-13(2)10-15/h3-11,20H,1-2H3. The molecule has 3 aromatic rings. The molecule has 0 saturated heterocycles. The molecule has 3 rings (SSSR count). The van der Waals surface area contributed by atoms with Gasteiger partial charge in [-0.2, -0.15) is 5.10 Å². The first-order valence-corrected chi connectivity index (χ1v) is 6.56. The van der Waals surface area contributed by atoms with Gasteiger partial charge in [-0.3, -0.25) is 0 Å². The Balaban J connectivity index is 2.20. The van der Waals surface area contributed by atoms with E-state index in [0.717, 1.165) is 28.1 Å². The van der Waals surface area contributed by atoms with E-state index in [1.807, 2.05) is 62.4 Å². The average Bonchev–Trinajstić information content (AvgIpc) is 2.80. The van der Waals surface area contributed by atoms with Gasteiger partial charge in [-0.1, -0.05) is 35.9 Å². The van der Waals surface area contributed by atoms with Crippen molar-refractivity contribution in [1.29, 1.82) is 0 Å². The molecule has 2 aromatic carbocycles. The highest BCUT2D eigenvalue weighted by molar-refractivity contribution is 5.68. The lowest BCUT2D eigenvalue weighted by molar-refractivity contribution is 0.477. The van der Waals surface area contributed by atoms with Gasteiger partial charge < -0.3 is 5.11 Å². The van der Waals surface area contributed by atoms with Crippen LogP contribution in [0.4, 0.5) is 0 Å². The minimum atomic E-state index is 0.192. The molecule has 1 heterocycles. The minimum absolute atomic E-state index is 0.192. The lowest BCUT2D eigenvalue weighted by Gasteiger charge is -2.09. The number of nitrogens with zero attached hydrogens (tertiary/aromatic N) is 2. The van der Waals surface area contributed by atoms with E-state index in [4.69, 9.17) is 0 Å². The van der Waals surface area contributed by atoms with Crippen molar-refractivity contribution in [2.24, 2.45) is 0 Å². The third kappa shape index (κ3) is 2.18. The number of aryl methyl sites for hydroxylation is 2. The van der Waals surface area contributed by atoms with E-state index in [1.165, 1.54) is 6.20 Å². The number of aromatic hydroxyl groups is 1. The van der Waals surface area contributed by atoms with E-state index in [9.17, 15) is 5.11 Å². The first kappa shape index (κ1) is 12.5. The molecule has 0 aliphatic heterocycles. The second kappa shape index (κ2) is 4.85. The summed E-state index contributed by atoms with van der Waals surface area (Å²) in [7, 11) is 0. The van der Waals surface area contributed by atoms with Crippen LogP contribution in [-0.4, -0.2) is 14.9 Å². The molecule has 0 radical (unpaired) electrons. The summed E-state index contributed by atoms with van der Waals surface area (Å²) in [5.41, 5.74) is 4.94. The average molecular weight is 264 g/mol. The van der Waals surface area contributed by atoms with Gasteiger partial charge in [0.1, 0.15) is 5.69 Å². The highest BCUT2D eigenvalue weighted by atomic mass is 16.3. The van der Waals surface area contributed by atoms with Crippen LogP contribution in [0.5, 0.6) is 5.75 Å². The predicted octanol–water partition coefficient (Wildman–Crippen LogP) is 3.86. The Labute approximate surface area is 118 Å². The number of benzene rings is 2. The number of rotatable bonds is 2. The van der Waals surface area contributed by atoms with Gasteiger partial charge in [-0.25, -0.2) is 4.68 Å². The normalized spacial score (nSPS) is 10.7. The SMILES string of the molecule is Cc1cccc(-c2c(O)cnn2-c2cccc(C)c2)c1. The summed E-state index contributed by atoms with van der Waals surface area (Å²) >= 11 is 0. The summed E-state index contributed by atoms with van der Waals surface area (Å²) in [5.74, 6) is 0.192. The topological polar surface area (TPSA) is 38.1 Å². The Morgan fingerprint density at radius 3 is 2.35 bits per heavy atom. The van der Waals surface area contributed by atoms with Gasteiger partial charge in [0.05, 0.1) is 11.9 Å². The molecule has 20 heavy (non-hydrogen) atoms. The molecule has 0 fully saturated rings. The van der Waals surface area contributed by atoms with E-state index in [0.29, 0.717) is 0 Å². The summed E-state index contributed by atoms with van der Waals surface area (Å²) < 4.78 is 1.77. The Bertz CT molecular complexity index is 759. The van der Waals surface area contributed by atoms with Crippen molar-refractivity contribution in [2.45, 2.75) is 13.8 Å². The van der Waals surface area contributed by atoms with E-state index in [1.54, 1.807) is 4.68 Å². The van der Waals surface area contributed by atoms with Crippen LogP contribution in [0.2, 0.25) is 0 Å². The molecule has 0 amide bonds. The highest BCUT2D eigenvalue weighted by Crippen LogP contribution is 2.31. The van der Waals surface area contributed by atoms with Crippen LogP contribution in [0.1, 0.15) is 11.1 Å². The third-order valence-electron chi connectivity index (χ3n) is 3.29. The van der Waals surface area contributed by atoms with Crippen LogP contribution in [0.3, 0.4) is 0 Å². The molecule has 3 heteroatoms. The molecule has 0 atom stereocenters. The first-order valence-electron chi connectivity index (χ1n) is 6.56. The second-order valence-electron chi connectivity index (χ2n) is 5.00. The van der Waals surface area contributed by atoms with Crippen LogP contribution in [-0.2, 0) is 0 Å².